The molecule has 29 heavy (non-hydrogen) atoms. The fourth-order valence-corrected chi connectivity index (χ4v) is 3.30. The van der Waals surface area contributed by atoms with Crippen LogP contribution in [0.15, 0.2) is 59.8 Å². The van der Waals surface area contributed by atoms with Gasteiger partial charge in [0.2, 0.25) is 17.1 Å². The molecule has 2 aromatic heterocycles. The zero-order valence-electron chi connectivity index (χ0n) is 15.4. The highest BCUT2D eigenvalue weighted by atomic mass is 32.2. The van der Waals surface area contributed by atoms with Gasteiger partial charge in [-0.2, -0.15) is 19.6 Å². The molecule has 0 aliphatic carbocycles. The number of nitrogens with one attached hydrogen (secondary N) is 1. The van der Waals surface area contributed by atoms with Crippen molar-refractivity contribution in [3.8, 4) is 11.4 Å². The monoisotopic (exact) mass is 407 g/mol. The number of anilines is 3. The lowest BCUT2D eigenvalue weighted by molar-refractivity contribution is 0.417. The minimum Gasteiger partial charge on any atom is -0.495 e. The summed E-state index contributed by atoms with van der Waals surface area (Å²) in [4.78, 5) is 12.8. The molecule has 10 nitrogen and oxygen atoms in total. The predicted molar refractivity (Wildman–Crippen MR) is 109 cm³/mol. The van der Waals surface area contributed by atoms with Crippen LogP contribution in [-0.4, -0.2) is 42.3 Å². The molecule has 2 aromatic carbocycles. The number of ether oxygens (including phenoxy) is 1. The van der Waals surface area contributed by atoms with E-state index in [-0.39, 0.29) is 5.95 Å². The number of tetrazole rings is 1. The second kappa shape index (κ2) is 8.52. The van der Waals surface area contributed by atoms with Crippen LogP contribution in [0, 0.1) is 0 Å². The molecule has 0 unspecified atom stereocenters. The number of benzene rings is 2. The number of rotatable bonds is 7. The molecule has 0 radical (unpaired) electrons. The zero-order chi connectivity index (χ0) is 20.1. The number of hydrogen-bond acceptors (Lipinski definition) is 10. The van der Waals surface area contributed by atoms with Gasteiger partial charge in [-0.3, -0.25) is 0 Å². The van der Waals surface area contributed by atoms with E-state index in [9.17, 15) is 0 Å². The molecule has 4 aromatic rings. The minimum atomic E-state index is 0.121. The van der Waals surface area contributed by atoms with Gasteiger partial charge in [-0.25, -0.2) is 0 Å². The summed E-state index contributed by atoms with van der Waals surface area (Å²) in [5.41, 5.74) is 7.46. The third-order valence-electron chi connectivity index (χ3n) is 3.82. The van der Waals surface area contributed by atoms with Gasteiger partial charge in [0.05, 0.1) is 24.2 Å². The van der Waals surface area contributed by atoms with E-state index in [2.05, 4.69) is 35.8 Å². The maximum Gasteiger partial charge on any atom is 0.232 e. The number of nitrogen functional groups attached to an aromatic ring is 1. The largest absolute Gasteiger partial charge is 0.495 e. The molecular weight excluding hydrogens is 390 g/mol. The summed E-state index contributed by atoms with van der Waals surface area (Å²) in [7, 11) is 1.60. The van der Waals surface area contributed by atoms with Crippen molar-refractivity contribution in [2.75, 3.05) is 18.2 Å². The van der Waals surface area contributed by atoms with Gasteiger partial charge in [0.15, 0.2) is 0 Å². The summed E-state index contributed by atoms with van der Waals surface area (Å²) < 4.78 is 6.99. The molecule has 4 rings (SSSR count). The number of nitrogens with two attached hydrogens (primary N) is 1. The Morgan fingerprint density at radius 3 is 2.66 bits per heavy atom. The fraction of sp³-hybridized carbons (Fsp3) is 0.111. The van der Waals surface area contributed by atoms with Gasteiger partial charge in [-0.1, -0.05) is 42.1 Å². The van der Waals surface area contributed by atoms with Crippen LogP contribution in [0.3, 0.4) is 0 Å². The maximum absolute atomic E-state index is 5.87. The van der Waals surface area contributed by atoms with Crippen molar-refractivity contribution >= 4 is 29.3 Å². The van der Waals surface area contributed by atoms with Crippen LogP contribution in [0.5, 0.6) is 5.75 Å². The first-order chi connectivity index (χ1) is 14.2. The predicted octanol–water partition coefficient (Wildman–Crippen LogP) is 2.47. The Kier molecular flexibility index (Phi) is 5.47. The van der Waals surface area contributed by atoms with Crippen LogP contribution in [0.25, 0.3) is 5.69 Å². The number of methoxy groups -OCH3 is 1. The molecule has 0 fully saturated rings. The van der Waals surface area contributed by atoms with E-state index in [1.807, 2.05) is 54.6 Å². The molecule has 11 heteroatoms. The Morgan fingerprint density at radius 2 is 1.83 bits per heavy atom. The Bertz CT molecular complexity index is 1100. The van der Waals surface area contributed by atoms with E-state index < -0.39 is 0 Å². The lowest BCUT2D eigenvalue weighted by Crippen LogP contribution is -2.07. The molecule has 0 aliphatic rings. The van der Waals surface area contributed by atoms with Crippen molar-refractivity contribution in [1.82, 2.24) is 35.2 Å². The van der Waals surface area contributed by atoms with Crippen LogP contribution < -0.4 is 15.8 Å². The van der Waals surface area contributed by atoms with Crippen LogP contribution >= 0.6 is 11.8 Å². The topological polar surface area (TPSA) is 130 Å². The van der Waals surface area contributed by atoms with Gasteiger partial charge < -0.3 is 15.8 Å². The number of hydrogen-bond donors (Lipinski definition) is 2. The van der Waals surface area contributed by atoms with Crippen molar-refractivity contribution < 1.29 is 4.74 Å². The lowest BCUT2D eigenvalue weighted by Gasteiger charge is -2.10. The van der Waals surface area contributed by atoms with E-state index in [1.54, 1.807) is 11.8 Å². The summed E-state index contributed by atoms with van der Waals surface area (Å²) >= 11 is 1.40. The van der Waals surface area contributed by atoms with Crippen molar-refractivity contribution in [3.05, 3.63) is 60.4 Å². The molecule has 0 bridgehead atoms. The molecule has 2 heterocycles. The van der Waals surface area contributed by atoms with Gasteiger partial charge in [-0.15, -0.1) is 5.10 Å². The van der Waals surface area contributed by atoms with E-state index in [0.29, 0.717) is 28.4 Å². The number of aromatic nitrogens is 7. The smallest absolute Gasteiger partial charge is 0.232 e. The third-order valence-corrected chi connectivity index (χ3v) is 4.74. The maximum atomic E-state index is 5.87. The first-order valence-corrected chi connectivity index (χ1v) is 9.58. The first kappa shape index (κ1) is 18.6. The second-order valence-corrected chi connectivity index (χ2v) is 6.70. The third kappa shape index (κ3) is 4.41. The summed E-state index contributed by atoms with van der Waals surface area (Å²) in [6, 6.07) is 17.1. The molecule has 0 amide bonds. The normalized spacial score (nSPS) is 10.7. The van der Waals surface area contributed by atoms with Gasteiger partial charge in [0.25, 0.3) is 0 Å². The standard InChI is InChI=1S/C18H17N9OS/c1-28-14-10-6-5-9-13(14)20-17-22-15(21-16(19)23-17)11-29-18-24-25-26-27(18)12-7-3-2-4-8-12/h2-10H,11H2,1H3,(H3,19,20,21,22,23). The van der Waals surface area contributed by atoms with E-state index in [0.717, 1.165) is 11.4 Å². The second-order valence-electron chi connectivity index (χ2n) is 5.76. The Hall–Kier alpha value is -3.73. The van der Waals surface area contributed by atoms with Crippen LogP contribution in [0.1, 0.15) is 5.82 Å². The Labute approximate surface area is 170 Å². The molecule has 0 atom stereocenters. The van der Waals surface area contributed by atoms with Gasteiger partial charge in [0.1, 0.15) is 11.6 Å². The zero-order valence-corrected chi connectivity index (χ0v) is 16.2. The first-order valence-electron chi connectivity index (χ1n) is 8.60. The molecule has 146 valence electrons. The quantitative estimate of drug-likeness (QED) is 0.441. The van der Waals surface area contributed by atoms with Crippen molar-refractivity contribution in [2.45, 2.75) is 10.9 Å². The van der Waals surface area contributed by atoms with E-state index in [4.69, 9.17) is 10.5 Å². The minimum absolute atomic E-state index is 0.121. The van der Waals surface area contributed by atoms with Gasteiger partial charge in [0, 0.05) is 0 Å². The Balaban J connectivity index is 1.52. The lowest BCUT2D eigenvalue weighted by atomic mass is 10.3. The highest BCUT2D eigenvalue weighted by Crippen LogP contribution is 2.26. The van der Waals surface area contributed by atoms with E-state index in [1.165, 1.54) is 11.8 Å². The number of nitrogens with zero attached hydrogens (tertiary/aromatic N) is 7. The highest BCUT2D eigenvalue weighted by molar-refractivity contribution is 7.98. The summed E-state index contributed by atoms with van der Waals surface area (Å²) in [5.74, 6) is 2.04. The SMILES string of the molecule is COc1ccccc1Nc1nc(N)nc(CSc2nnnn2-c2ccccc2)n1. The Morgan fingerprint density at radius 1 is 1.03 bits per heavy atom. The van der Waals surface area contributed by atoms with Crippen LogP contribution in [-0.2, 0) is 5.75 Å². The fourth-order valence-electron chi connectivity index (χ4n) is 2.56. The number of thioether (sulfide) groups is 1. The molecule has 0 saturated carbocycles. The molecule has 3 N–H and O–H groups in total. The van der Waals surface area contributed by atoms with Gasteiger partial charge in [-0.05, 0) is 34.7 Å². The number of para-hydroxylation sites is 3. The molecule has 0 spiro atoms. The van der Waals surface area contributed by atoms with Crippen LogP contribution in [0.2, 0.25) is 0 Å². The molecule has 0 saturated heterocycles. The summed E-state index contributed by atoms with van der Waals surface area (Å²) in [6.45, 7) is 0. The molecule has 0 aliphatic heterocycles. The average Bonchev–Trinajstić information content (AvgIpc) is 3.22. The molecular formula is C18H17N9OS. The van der Waals surface area contributed by atoms with Crippen molar-refractivity contribution in [2.24, 2.45) is 0 Å². The average molecular weight is 407 g/mol. The van der Waals surface area contributed by atoms with Crippen LogP contribution in [0.4, 0.5) is 17.6 Å². The summed E-state index contributed by atoms with van der Waals surface area (Å²) in [5, 5.41) is 15.6. The van der Waals surface area contributed by atoms with Crippen molar-refractivity contribution in [3.63, 3.8) is 0 Å². The summed E-state index contributed by atoms with van der Waals surface area (Å²) in [6.07, 6.45) is 0. The highest BCUT2D eigenvalue weighted by Gasteiger charge is 2.12. The van der Waals surface area contributed by atoms with E-state index >= 15 is 0 Å². The van der Waals surface area contributed by atoms with Gasteiger partial charge >= 0.3 is 0 Å². The van der Waals surface area contributed by atoms with Crippen molar-refractivity contribution in [1.29, 1.82) is 0 Å².